The van der Waals surface area contributed by atoms with Crippen LogP contribution in [0.15, 0.2) is 51.7 Å². The van der Waals surface area contributed by atoms with Crippen LogP contribution in [0.5, 0.6) is 11.5 Å². The Bertz CT molecular complexity index is 1140. The minimum absolute atomic E-state index is 0.128. The number of hydrogen-bond donors (Lipinski definition) is 0. The zero-order valence-electron chi connectivity index (χ0n) is 15.5. The predicted octanol–water partition coefficient (Wildman–Crippen LogP) is 4.77. The summed E-state index contributed by atoms with van der Waals surface area (Å²) in [6.07, 6.45) is 1.99. The summed E-state index contributed by atoms with van der Waals surface area (Å²) in [5, 5.41) is 0.969. The molecule has 1 aromatic heterocycles. The van der Waals surface area contributed by atoms with E-state index >= 15 is 0 Å². The van der Waals surface area contributed by atoms with Gasteiger partial charge in [0.25, 0.3) is 5.56 Å². The van der Waals surface area contributed by atoms with Crippen LogP contribution in [0.3, 0.4) is 0 Å². The number of nitrogens with zero attached hydrogens (tertiary/aromatic N) is 1. The third-order valence-corrected chi connectivity index (χ3v) is 5.40. The standard InChI is InChI=1S/C22H20BrNO3/c1-13-4-7-19(14(2)10-13)27-12-15-8-9-26-21-20(15)17-11-16(23)5-6-18(17)24(3)22(21)25/h4-8,10-11H,9,12H2,1-3H3. The normalized spacial score (nSPS) is 13.1. The molecule has 0 aliphatic carbocycles. The van der Waals surface area contributed by atoms with Gasteiger partial charge in [0, 0.05) is 28.0 Å². The van der Waals surface area contributed by atoms with Gasteiger partial charge in [-0.3, -0.25) is 4.79 Å². The Hall–Kier alpha value is -2.53. The van der Waals surface area contributed by atoms with Gasteiger partial charge in [0.15, 0.2) is 5.75 Å². The molecule has 0 saturated carbocycles. The molecule has 0 radical (unpaired) electrons. The number of ether oxygens (including phenoxy) is 2. The Morgan fingerprint density at radius 1 is 1.19 bits per heavy atom. The van der Waals surface area contributed by atoms with Crippen LogP contribution in [0.4, 0.5) is 0 Å². The van der Waals surface area contributed by atoms with Crippen LogP contribution in [0.1, 0.15) is 16.7 Å². The molecule has 5 heteroatoms. The maximum Gasteiger partial charge on any atom is 0.293 e. The van der Waals surface area contributed by atoms with E-state index in [0.29, 0.717) is 19.0 Å². The fourth-order valence-corrected chi connectivity index (χ4v) is 3.88. The molecule has 138 valence electrons. The van der Waals surface area contributed by atoms with Crippen molar-refractivity contribution in [1.29, 1.82) is 0 Å². The molecule has 0 fully saturated rings. The quantitative estimate of drug-likeness (QED) is 0.606. The van der Waals surface area contributed by atoms with Crippen molar-refractivity contribution in [3.8, 4) is 11.5 Å². The van der Waals surface area contributed by atoms with Crippen molar-refractivity contribution in [3.05, 3.63) is 74.0 Å². The van der Waals surface area contributed by atoms with Crippen LogP contribution < -0.4 is 15.0 Å². The minimum Gasteiger partial charge on any atom is -0.489 e. The molecule has 0 bridgehead atoms. The van der Waals surface area contributed by atoms with Crippen molar-refractivity contribution in [2.24, 2.45) is 7.05 Å². The van der Waals surface area contributed by atoms with Crippen molar-refractivity contribution in [1.82, 2.24) is 4.57 Å². The number of benzene rings is 2. The van der Waals surface area contributed by atoms with Gasteiger partial charge in [-0.05, 0) is 49.8 Å². The molecule has 0 atom stereocenters. The first-order chi connectivity index (χ1) is 13.0. The summed E-state index contributed by atoms with van der Waals surface area (Å²) in [6.45, 7) is 4.85. The lowest BCUT2D eigenvalue weighted by molar-refractivity contribution is 0.338. The molecule has 1 aliphatic rings. The van der Waals surface area contributed by atoms with E-state index < -0.39 is 0 Å². The summed E-state index contributed by atoms with van der Waals surface area (Å²) in [7, 11) is 1.77. The number of aryl methyl sites for hydroxylation is 3. The summed E-state index contributed by atoms with van der Waals surface area (Å²) in [6, 6.07) is 12.0. The highest BCUT2D eigenvalue weighted by atomic mass is 79.9. The van der Waals surface area contributed by atoms with E-state index in [0.717, 1.165) is 37.8 Å². The molecule has 2 heterocycles. The zero-order valence-corrected chi connectivity index (χ0v) is 17.1. The molecule has 3 aromatic rings. The monoisotopic (exact) mass is 425 g/mol. The molecular formula is C22H20BrNO3. The highest BCUT2D eigenvalue weighted by Crippen LogP contribution is 2.35. The molecule has 27 heavy (non-hydrogen) atoms. The van der Waals surface area contributed by atoms with Gasteiger partial charge in [0.2, 0.25) is 0 Å². The van der Waals surface area contributed by atoms with Crippen molar-refractivity contribution in [3.63, 3.8) is 0 Å². The van der Waals surface area contributed by atoms with Crippen molar-refractivity contribution in [2.45, 2.75) is 13.8 Å². The minimum atomic E-state index is -0.128. The van der Waals surface area contributed by atoms with E-state index in [4.69, 9.17) is 9.47 Å². The highest BCUT2D eigenvalue weighted by molar-refractivity contribution is 9.10. The molecule has 4 rings (SSSR count). The average molecular weight is 426 g/mol. The molecule has 0 amide bonds. The van der Waals surface area contributed by atoms with Crippen LogP contribution in [-0.4, -0.2) is 17.8 Å². The lowest BCUT2D eigenvalue weighted by Gasteiger charge is -2.22. The summed E-state index contributed by atoms with van der Waals surface area (Å²) in [4.78, 5) is 12.8. The Morgan fingerprint density at radius 3 is 2.78 bits per heavy atom. The van der Waals surface area contributed by atoms with E-state index in [2.05, 4.69) is 28.9 Å². The second kappa shape index (κ2) is 6.89. The van der Waals surface area contributed by atoms with Gasteiger partial charge >= 0.3 is 0 Å². The number of hydrogen-bond acceptors (Lipinski definition) is 3. The number of pyridine rings is 1. The first-order valence-corrected chi connectivity index (χ1v) is 9.59. The fraction of sp³-hybridized carbons (Fsp3) is 0.227. The Balaban J connectivity index is 1.80. The maximum absolute atomic E-state index is 12.8. The SMILES string of the molecule is Cc1ccc(OCC2=CCOc3c2c2cc(Br)ccc2n(C)c3=O)c(C)c1. The zero-order chi connectivity index (χ0) is 19.1. The fourth-order valence-electron chi connectivity index (χ4n) is 3.52. The lowest BCUT2D eigenvalue weighted by Crippen LogP contribution is -2.24. The number of rotatable bonds is 3. The summed E-state index contributed by atoms with van der Waals surface area (Å²) in [5.74, 6) is 1.24. The Labute approximate surface area is 166 Å². The van der Waals surface area contributed by atoms with Crippen LogP contribution in [-0.2, 0) is 7.05 Å². The van der Waals surface area contributed by atoms with E-state index in [9.17, 15) is 4.79 Å². The topological polar surface area (TPSA) is 40.5 Å². The van der Waals surface area contributed by atoms with Crippen LogP contribution in [0.25, 0.3) is 16.5 Å². The summed E-state index contributed by atoms with van der Waals surface area (Å²) >= 11 is 3.54. The number of aromatic nitrogens is 1. The van der Waals surface area contributed by atoms with Crippen LogP contribution in [0.2, 0.25) is 0 Å². The smallest absolute Gasteiger partial charge is 0.293 e. The van der Waals surface area contributed by atoms with Gasteiger partial charge < -0.3 is 14.0 Å². The molecular weight excluding hydrogens is 406 g/mol. The van der Waals surface area contributed by atoms with Crippen molar-refractivity contribution in [2.75, 3.05) is 13.2 Å². The third kappa shape index (κ3) is 3.16. The van der Waals surface area contributed by atoms with Gasteiger partial charge in [-0.2, -0.15) is 0 Å². The molecule has 0 spiro atoms. The first kappa shape index (κ1) is 17.9. The van der Waals surface area contributed by atoms with Crippen molar-refractivity contribution >= 4 is 32.4 Å². The third-order valence-electron chi connectivity index (χ3n) is 4.91. The number of halogens is 1. The summed E-state index contributed by atoms with van der Waals surface area (Å²) in [5.41, 5.74) is 4.83. The van der Waals surface area contributed by atoms with Crippen LogP contribution >= 0.6 is 15.9 Å². The maximum atomic E-state index is 12.8. The Kier molecular flexibility index (Phi) is 4.56. The molecule has 2 aromatic carbocycles. The molecule has 1 aliphatic heterocycles. The van der Waals surface area contributed by atoms with E-state index in [1.54, 1.807) is 11.6 Å². The summed E-state index contributed by atoms with van der Waals surface area (Å²) < 4.78 is 14.4. The van der Waals surface area contributed by atoms with Gasteiger partial charge in [-0.1, -0.05) is 33.6 Å². The first-order valence-electron chi connectivity index (χ1n) is 8.80. The van der Waals surface area contributed by atoms with Gasteiger partial charge in [0.05, 0.1) is 5.52 Å². The van der Waals surface area contributed by atoms with Gasteiger partial charge in [0.1, 0.15) is 19.0 Å². The van der Waals surface area contributed by atoms with Crippen LogP contribution in [0, 0.1) is 13.8 Å². The molecule has 0 unspecified atom stereocenters. The second-order valence-corrected chi connectivity index (χ2v) is 7.74. The van der Waals surface area contributed by atoms with Gasteiger partial charge in [-0.15, -0.1) is 0 Å². The number of fused-ring (bicyclic) bond motifs is 3. The highest BCUT2D eigenvalue weighted by Gasteiger charge is 2.23. The van der Waals surface area contributed by atoms with E-state index in [1.165, 1.54) is 5.56 Å². The predicted molar refractivity (Wildman–Crippen MR) is 112 cm³/mol. The van der Waals surface area contributed by atoms with E-state index in [-0.39, 0.29) is 5.56 Å². The van der Waals surface area contributed by atoms with Gasteiger partial charge in [-0.25, -0.2) is 0 Å². The molecule has 0 saturated heterocycles. The second-order valence-electron chi connectivity index (χ2n) is 6.83. The molecule has 4 nitrogen and oxygen atoms in total. The van der Waals surface area contributed by atoms with Crippen molar-refractivity contribution < 1.29 is 9.47 Å². The lowest BCUT2D eigenvalue weighted by atomic mass is 9.98. The van der Waals surface area contributed by atoms with E-state index in [1.807, 2.05) is 43.3 Å². The largest absolute Gasteiger partial charge is 0.489 e. The average Bonchev–Trinajstić information content (AvgIpc) is 2.65. The molecule has 0 N–H and O–H groups in total. The Morgan fingerprint density at radius 2 is 2.00 bits per heavy atom.